The normalized spacial score (nSPS) is 17.6. The minimum Gasteiger partial charge on any atom is -0.464 e. The van der Waals surface area contributed by atoms with Gasteiger partial charge in [-0.15, -0.1) is 0 Å². The maximum Gasteiger partial charge on any atom is 0.356 e. The van der Waals surface area contributed by atoms with Crippen molar-refractivity contribution in [2.24, 2.45) is 11.8 Å². The van der Waals surface area contributed by atoms with E-state index in [1.54, 1.807) is 6.07 Å². The van der Waals surface area contributed by atoms with Crippen LogP contribution in [0.5, 0.6) is 0 Å². The predicted molar refractivity (Wildman–Crippen MR) is 83.8 cm³/mol. The number of carbonyl (C=O) groups is 1. The van der Waals surface area contributed by atoms with Crippen molar-refractivity contribution in [3.8, 4) is 0 Å². The number of methoxy groups -OCH3 is 1. The number of carbonyl (C=O) groups excluding carboxylic acids is 1. The largest absolute Gasteiger partial charge is 0.464 e. The van der Waals surface area contributed by atoms with Crippen LogP contribution in [0.4, 0.5) is 5.82 Å². The predicted octanol–water partition coefficient (Wildman–Crippen LogP) is 1.89. The molecule has 1 N–H and O–H groups in total. The Hall–Kier alpha value is -1.69. The number of ether oxygens (including phenoxy) is 1. The molecule has 0 saturated carbocycles. The van der Waals surface area contributed by atoms with Crippen molar-refractivity contribution in [1.82, 2.24) is 9.97 Å². The molecule has 1 aromatic heterocycles. The highest BCUT2D eigenvalue weighted by atomic mass is 16.5. The Morgan fingerprint density at radius 3 is 2.68 bits per heavy atom. The fourth-order valence-corrected chi connectivity index (χ4v) is 2.92. The van der Waals surface area contributed by atoms with Crippen molar-refractivity contribution in [2.45, 2.75) is 39.2 Å². The average Bonchev–Trinajstić information content (AvgIpc) is 2.53. The Balaban J connectivity index is 1.95. The van der Waals surface area contributed by atoms with E-state index in [4.69, 9.17) is 0 Å². The van der Waals surface area contributed by atoms with Gasteiger partial charge >= 0.3 is 5.97 Å². The monoisotopic (exact) mass is 307 g/mol. The van der Waals surface area contributed by atoms with Gasteiger partial charge in [0.05, 0.1) is 13.2 Å². The number of anilines is 1. The number of aliphatic hydroxyl groups excluding tert-OH is 1. The molecule has 1 atom stereocenters. The van der Waals surface area contributed by atoms with Crippen molar-refractivity contribution >= 4 is 11.8 Å². The Labute approximate surface area is 131 Å². The highest BCUT2D eigenvalue weighted by Gasteiger charge is 2.26. The minimum absolute atomic E-state index is 0.224. The molecular weight excluding hydrogens is 282 g/mol. The molecule has 0 aliphatic carbocycles. The van der Waals surface area contributed by atoms with Crippen LogP contribution in [0.25, 0.3) is 0 Å². The summed E-state index contributed by atoms with van der Waals surface area (Å²) < 4.78 is 4.68. The van der Waals surface area contributed by atoms with Crippen LogP contribution in [0.2, 0.25) is 0 Å². The standard InChI is InChI=1S/C16H25N3O3/c1-11(2)8-14(20)12-4-6-19(7-5-12)15-9-13(16(21)22-3)17-10-18-15/h9-12,14,20H,4-8H2,1-3H3. The molecule has 0 spiro atoms. The lowest BCUT2D eigenvalue weighted by Crippen LogP contribution is -2.38. The Bertz CT molecular complexity index is 499. The number of esters is 1. The van der Waals surface area contributed by atoms with Crippen molar-refractivity contribution in [3.05, 3.63) is 18.1 Å². The van der Waals surface area contributed by atoms with Gasteiger partial charge in [0.25, 0.3) is 0 Å². The summed E-state index contributed by atoms with van der Waals surface area (Å²) in [5, 5.41) is 10.2. The summed E-state index contributed by atoms with van der Waals surface area (Å²) >= 11 is 0. The maximum atomic E-state index is 11.5. The first-order valence-corrected chi connectivity index (χ1v) is 7.84. The van der Waals surface area contributed by atoms with E-state index >= 15 is 0 Å². The first kappa shape index (κ1) is 16.7. The van der Waals surface area contributed by atoms with Gasteiger partial charge in [0.1, 0.15) is 12.1 Å². The lowest BCUT2D eigenvalue weighted by molar-refractivity contribution is 0.0594. The first-order chi connectivity index (χ1) is 10.5. The van der Waals surface area contributed by atoms with Gasteiger partial charge in [-0.1, -0.05) is 13.8 Å². The molecule has 1 aliphatic heterocycles. The highest BCUT2D eigenvalue weighted by Crippen LogP contribution is 2.26. The quantitative estimate of drug-likeness (QED) is 0.837. The van der Waals surface area contributed by atoms with E-state index in [0.29, 0.717) is 11.8 Å². The molecule has 1 aliphatic rings. The summed E-state index contributed by atoms with van der Waals surface area (Å²) in [6.07, 6.45) is 3.89. The van der Waals surface area contributed by atoms with E-state index in [2.05, 4.69) is 33.5 Å². The van der Waals surface area contributed by atoms with Crippen molar-refractivity contribution < 1.29 is 14.6 Å². The molecule has 0 aromatic carbocycles. The van der Waals surface area contributed by atoms with Crippen LogP contribution in [0.3, 0.4) is 0 Å². The average molecular weight is 307 g/mol. The first-order valence-electron chi connectivity index (χ1n) is 7.84. The molecule has 1 unspecified atom stereocenters. The van der Waals surface area contributed by atoms with Crippen LogP contribution in [-0.4, -0.2) is 47.3 Å². The highest BCUT2D eigenvalue weighted by molar-refractivity contribution is 5.87. The van der Waals surface area contributed by atoms with Crippen LogP contribution in [0.1, 0.15) is 43.6 Å². The fourth-order valence-electron chi connectivity index (χ4n) is 2.92. The van der Waals surface area contributed by atoms with Crippen LogP contribution in [0.15, 0.2) is 12.4 Å². The zero-order valence-corrected chi connectivity index (χ0v) is 13.5. The zero-order valence-electron chi connectivity index (χ0n) is 13.5. The molecule has 0 bridgehead atoms. The van der Waals surface area contributed by atoms with Gasteiger partial charge in [0, 0.05) is 19.2 Å². The smallest absolute Gasteiger partial charge is 0.356 e. The van der Waals surface area contributed by atoms with Gasteiger partial charge in [-0.3, -0.25) is 0 Å². The van der Waals surface area contributed by atoms with Crippen molar-refractivity contribution in [2.75, 3.05) is 25.1 Å². The van der Waals surface area contributed by atoms with E-state index < -0.39 is 5.97 Å². The van der Waals surface area contributed by atoms with Crippen molar-refractivity contribution in [1.29, 1.82) is 0 Å². The third-order valence-corrected chi connectivity index (χ3v) is 4.17. The second-order valence-corrected chi connectivity index (χ2v) is 6.27. The summed E-state index contributed by atoms with van der Waals surface area (Å²) in [7, 11) is 1.34. The van der Waals surface area contributed by atoms with E-state index in [1.165, 1.54) is 13.4 Å². The van der Waals surface area contributed by atoms with Crippen molar-refractivity contribution in [3.63, 3.8) is 0 Å². The number of hydrogen-bond acceptors (Lipinski definition) is 6. The zero-order chi connectivity index (χ0) is 16.1. The molecule has 1 fully saturated rings. The van der Waals surface area contributed by atoms with Gasteiger partial charge in [-0.2, -0.15) is 0 Å². The van der Waals surface area contributed by atoms with Gasteiger partial charge < -0.3 is 14.7 Å². The third kappa shape index (κ3) is 4.16. The lowest BCUT2D eigenvalue weighted by atomic mass is 9.87. The third-order valence-electron chi connectivity index (χ3n) is 4.17. The molecular formula is C16H25N3O3. The second kappa shape index (κ2) is 7.54. The number of aliphatic hydroxyl groups is 1. The van der Waals surface area contributed by atoms with Crippen LogP contribution < -0.4 is 4.90 Å². The lowest BCUT2D eigenvalue weighted by Gasteiger charge is -2.35. The molecule has 1 saturated heterocycles. The van der Waals surface area contributed by atoms with E-state index in [1.807, 2.05) is 0 Å². The number of hydrogen-bond donors (Lipinski definition) is 1. The van der Waals surface area contributed by atoms with Gasteiger partial charge in [-0.05, 0) is 31.1 Å². The molecule has 1 aromatic rings. The molecule has 6 heteroatoms. The SMILES string of the molecule is COC(=O)c1cc(N2CCC(C(O)CC(C)C)CC2)ncn1. The molecule has 122 valence electrons. The Morgan fingerprint density at radius 2 is 2.09 bits per heavy atom. The Morgan fingerprint density at radius 1 is 1.41 bits per heavy atom. The summed E-state index contributed by atoms with van der Waals surface area (Å²) in [6, 6.07) is 1.66. The van der Waals surface area contributed by atoms with E-state index in [-0.39, 0.29) is 11.8 Å². The minimum atomic E-state index is -0.453. The summed E-state index contributed by atoms with van der Waals surface area (Å²) in [5.41, 5.74) is 0.273. The van der Waals surface area contributed by atoms with E-state index in [9.17, 15) is 9.90 Å². The number of nitrogens with zero attached hydrogens (tertiary/aromatic N) is 3. The molecule has 2 heterocycles. The topological polar surface area (TPSA) is 75.5 Å². The molecule has 6 nitrogen and oxygen atoms in total. The summed E-state index contributed by atoms with van der Waals surface area (Å²) in [4.78, 5) is 21.8. The maximum absolute atomic E-state index is 11.5. The van der Waals surface area contributed by atoms with E-state index in [0.717, 1.165) is 38.2 Å². The fraction of sp³-hybridized carbons (Fsp3) is 0.688. The van der Waals surface area contributed by atoms with Gasteiger partial charge in [0.15, 0.2) is 5.69 Å². The molecule has 22 heavy (non-hydrogen) atoms. The summed E-state index contributed by atoms with van der Waals surface area (Å²) in [6.45, 7) is 5.93. The number of piperidine rings is 1. The van der Waals surface area contributed by atoms with Crippen LogP contribution in [0, 0.1) is 11.8 Å². The molecule has 0 radical (unpaired) electrons. The number of aromatic nitrogens is 2. The Kier molecular flexibility index (Phi) is 5.71. The molecule has 0 amide bonds. The van der Waals surface area contributed by atoms with Gasteiger partial charge in [-0.25, -0.2) is 14.8 Å². The summed E-state index contributed by atoms with van der Waals surface area (Å²) in [5.74, 6) is 1.15. The number of rotatable bonds is 5. The van der Waals surface area contributed by atoms with Gasteiger partial charge in [0.2, 0.25) is 0 Å². The van der Waals surface area contributed by atoms with Crippen LogP contribution in [-0.2, 0) is 4.74 Å². The van der Waals surface area contributed by atoms with Crippen LogP contribution >= 0.6 is 0 Å². The molecule has 2 rings (SSSR count). The second-order valence-electron chi connectivity index (χ2n) is 6.27.